The van der Waals surface area contributed by atoms with Crippen LogP contribution in [0.15, 0.2) is 12.3 Å². The molecule has 0 radical (unpaired) electrons. The van der Waals surface area contributed by atoms with Crippen molar-refractivity contribution in [2.45, 2.75) is 38.3 Å². The van der Waals surface area contributed by atoms with E-state index < -0.39 is 0 Å². The zero-order valence-corrected chi connectivity index (χ0v) is 9.47. The standard InChI is InChI=1S/C11H19N3O/c1-8(2)14-6-4-11(5-7-14)9(3)12-10(15)13-11/h8H,3-7H2,1-2H3,(H2,12,13,15). The van der Waals surface area contributed by atoms with E-state index in [1.54, 1.807) is 0 Å². The Morgan fingerprint density at radius 2 is 2.00 bits per heavy atom. The molecule has 0 unspecified atom stereocenters. The lowest BCUT2D eigenvalue weighted by Gasteiger charge is -2.40. The van der Waals surface area contributed by atoms with E-state index >= 15 is 0 Å². The molecule has 0 aliphatic carbocycles. The fourth-order valence-corrected chi connectivity index (χ4v) is 2.43. The lowest BCUT2D eigenvalue weighted by Crippen LogP contribution is -2.52. The average Bonchev–Trinajstić information content (AvgIpc) is 2.42. The highest BCUT2D eigenvalue weighted by Gasteiger charge is 2.43. The summed E-state index contributed by atoms with van der Waals surface area (Å²) in [5.41, 5.74) is 0.665. The number of carbonyl (C=O) groups is 1. The summed E-state index contributed by atoms with van der Waals surface area (Å²) in [4.78, 5) is 13.7. The molecule has 4 nitrogen and oxygen atoms in total. The second-order valence-corrected chi connectivity index (χ2v) is 4.77. The molecule has 0 aromatic rings. The van der Waals surface area contributed by atoms with Gasteiger partial charge in [0.15, 0.2) is 0 Å². The quantitative estimate of drug-likeness (QED) is 0.678. The van der Waals surface area contributed by atoms with Gasteiger partial charge >= 0.3 is 6.03 Å². The summed E-state index contributed by atoms with van der Waals surface area (Å²) in [5.74, 6) is 0. The minimum absolute atomic E-state index is 0.0991. The van der Waals surface area contributed by atoms with Crippen molar-refractivity contribution >= 4 is 6.03 Å². The summed E-state index contributed by atoms with van der Waals surface area (Å²) < 4.78 is 0. The van der Waals surface area contributed by atoms with Crippen LogP contribution in [-0.4, -0.2) is 35.6 Å². The molecule has 2 aliphatic heterocycles. The number of nitrogens with one attached hydrogen (secondary N) is 2. The Labute approximate surface area is 90.7 Å². The van der Waals surface area contributed by atoms with Crippen molar-refractivity contribution in [3.8, 4) is 0 Å². The van der Waals surface area contributed by atoms with E-state index in [1.807, 2.05) is 0 Å². The molecule has 0 aromatic carbocycles. The number of piperidine rings is 1. The van der Waals surface area contributed by atoms with Crippen molar-refractivity contribution in [3.05, 3.63) is 12.3 Å². The highest BCUT2D eigenvalue weighted by Crippen LogP contribution is 2.31. The summed E-state index contributed by atoms with van der Waals surface area (Å²) >= 11 is 0. The van der Waals surface area contributed by atoms with Crippen LogP contribution in [0.25, 0.3) is 0 Å². The Morgan fingerprint density at radius 1 is 1.40 bits per heavy atom. The summed E-state index contributed by atoms with van der Waals surface area (Å²) in [6.45, 7) is 10.4. The topological polar surface area (TPSA) is 44.4 Å². The van der Waals surface area contributed by atoms with Crippen molar-refractivity contribution in [1.29, 1.82) is 0 Å². The summed E-state index contributed by atoms with van der Waals surface area (Å²) in [6, 6.07) is 0.485. The van der Waals surface area contributed by atoms with Crippen LogP contribution in [0.3, 0.4) is 0 Å². The molecule has 1 spiro atoms. The maximum atomic E-state index is 11.2. The van der Waals surface area contributed by atoms with Gasteiger partial charge in [-0.2, -0.15) is 0 Å². The summed E-state index contributed by atoms with van der Waals surface area (Å²) in [7, 11) is 0. The summed E-state index contributed by atoms with van der Waals surface area (Å²) in [6.07, 6.45) is 1.92. The number of rotatable bonds is 1. The maximum absolute atomic E-state index is 11.2. The van der Waals surface area contributed by atoms with Crippen LogP contribution in [-0.2, 0) is 0 Å². The van der Waals surface area contributed by atoms with Crippen LogP contribution in [0.2, 0.25) is 0 Å². The monoisotopic (exact) mass is 209 g/mol. The maximum Gasteiger partial charge on any atom is 0.319 e. The van der Waals surface area contributed by atoms with Crippen LogP contribution in [0, 0.1) is 0 Å². The molecular formula is C11H19N3O. The molecule has 2 aliphatic rings. The van der Waals surface area contributed by atoms with Gasteiger partial charge in [-0.1, -0.05) is 6.58 Å². The smallest absolute Gasteiger partial charge is 0.319 e. The molecule has 84 valence electrons. The number of likely N-dealkylation sites (tertiary alicyclic amines) is 1. The van der Waals surface area contributed by atoms with Crippen LogP contribution >= 0.6 is 0 Å². The van der Waals surface area contributed by atoms with Gasteiger partial charge in [0.2, 0.25) is 0 Å². The Kier molecular flexibility index (Phi) is 2.46. The molecule has 2 fully saturated rings. The number of urea groups is 1. The van der Waals surface area contributed by atoms with Gasteiger partial charge in [-0.25, -0.2) is 4.79 Å². The number of amides is 2. The van der Waals surface area contributed by atoms with Gasteiger partial charge in [0.25, 0.3) is 0 Å². The van der Waals surface area contributed by atoms with E-state index in [1.165, 1.54) is 0 Å². The largest absolute Gasteiger partial charge is 0.327 e. The number of hydrogen-bond acceptors (Lipinski definition) is 2. The van der Waals surface area contributed by atoms with Crippen molar-refractivity contribution in [1.82, 2.24) is 15.5 Å². The van der Waals surface area contributed by atoms with E-state index in [9.17, 15) is 4.79 Å². The third kappa shape index (κ3) is 1.74. The average molecular weight is 209 g/mol. The molecule has 0 aromatic heterocycles. The molecule has 15 heavy (non-hydrogen) atoms. The van der Waals surface area contributed by atoms with E-state index in [0.717, 1.165) is 31.6 Å². The van der Waals surface area contributed by atoms with Gasteiger partial charge < -0.3 is 15.5 Å². The molecule has 0 atom stereocenters. The first-order chi connectivity index (χ1) is 7.03. The molecule has 2 rings (SSSR count). The zero-order valence-electron chi connectivity index (χ0n) is 9.47. The third-order valence-electron chi connectivity index (χ3n) is 3.58. The normalized spacial score (nSPS) is 25.8. The predicted molar refractivity (Wildman–Crippen MR) is 59.5 cm³/mol. The minimum atomic E-state index is -0.178. The number of hydrogen-bond donors (Lipinski definition) is 2. The van der Waals surface area contributed by atoms with Crippen LogP contribution < -0.4 is 10.6 Å². The highest BCUT2D eigenvalue weighted by molar-refractivity contribution is 5.81. The van der Waals surface area contributed by atoms with Crippen molar-refractivity contribution in [2.75, 3.05) is 13.1 Å². The number of nitrogens with zero attached hydrogens (tertiary/aromatic N) is 1. The predicted octanol–water partition coefficient (Wildman–Crippen LogP) is 1.06. The van der Waals surface area contributed by atoms with Gasteiger partial charge in [-0.3, -0.25) is 0 Å². The Bertz CT molecular complexity index is 290. The van der Waals surface area contributed by atoms with Gasteiger partial charge in [0.1, 0.15) is 0 Å². The van der Waals surface area contributed by atoms with E-state index in [-0.39, 0.29) is 11.6 Å². The van der Waals surface area contributed by atoms with Gasteiger partial charge in [-0.05, 0) is 26.7 Å². The van der Waals surface area contributed by atoms with Crippen LogP contribution in [0.1, 0.15) is 26.7 Å². The van der Waals surface area contributed by atoms with Crippen molar-refractivity contribution in [3.63, 3.8) is 0 Å². The molecule has 2 heterocycles. The molecule has 0 bridgehead atoms. The van der Waals surface area contributed by atoms with E-state index in [0.29, 0.717) is 6.04 Å². The second-order valence-electron chi connectivity index (χ2n) is 4.77. The lowest BCUT2D eigenvalue weighted by atomic mass is 9.85. The van der Waals surface area contributed by atoms with E-state index in [2.05, 4.69) is 36.0 Å². The van der Waals surface area contributed by atoms with Crippen molar-refractivity contribution < 1.29 is 4.79 Å². The van der Waals surface area contributed by atoms with Crippen molar-refractivity contribution in [2.24, 2.45) is 0 Å². The first kappa shape index (κ1) is 10.5. The van der Waals surface area contributed by atoms with Gasteiger partial charge in [0.05, 0.1) is 5.54 Å². The fourth-order valence-electron chi connectivity index (χ4n) is 2.43. The minimum Gasteiger partial charge on any atom is -0.327 e. The molecule has 2 N–H and O–H groups in total. The Morgan fingerprint density at radius 3 is 2.40 bits per heavy atom. The Balaban J connectivity index is 2.03. The third-order valence-corrected chi connectivity index (χ3v) is 3.58. The molecule has 4 heteroatoms. The number of carbonyl (C=O) groups excluding carboxylic acids is 1. The molecule has 2 amide bonds. The van der Waals surface area contributed by atoms with Gasteiger partial charge in [0, 0.05) is 24.8 Å². The first-order valence-corrected chi connectivity index (χ1v) is 5.56. The molecule has 2 saturated heterocycles. The molecular weight excluding hydrogens is 190 g/mol. The lowest BCUT2D eigenvalue weighted by molar-refractivity contribution is 0.138. The van der Waals surface area contributed by atoms with Crippen LogP contribution in [0.5, 0.6) is 0 Å². The van der Waals surface area contributed by atoms with Gasteiger partial charge in [-0.15, -0.1) is 0 Å². The van der Waals surface area contributed by atoms with E-state index in [4.69, 9.17) is 0 Å². The SMILES string of the molecule is C=C1NC(=O)NC12CCN(C(C)C)CC2. The Hall–Kier alpha value is -1.03. The zero-order chi connectivity index (χ0) is 11.1. The fraction of sp³-hybridized carbons (Fsp3) is 0.727. The first-order valence-electron chi connectivity index (χ1n) is 5.56. The van der Waals surface area contributed by atoms with Crippen LogP contribution in [0.4, 0.5) is 4.79 Å². The molecule has 0 saturated carbocycles. The summed E-state index contributed by atoms with van der Waals surface area (Å²) in [5, 5.41) is 5.76. The second kappa shape index (κ2) is 3.52. The highest BCUT2D eigenvalue weighted by atomic mass is 16.2.